The van der Waals surface area contributed by atoms with Gasteiger partial charge in [0.1, 0.15) is 5.75 Å². The lowest BCUT2D eigenvalue weighted by atomic mass is 9.82. The summed E-state index contributed by atoms with van der Waals surface area (Å²) in [6, 6.07) is 7.70. The van der Waals surface area contributed by atoms with Crippen LogP contribution in [0.25, 0.3) is 0 Å². The lowest BCUT2D eigenvalue weighted by Gasteiger charge is -2.41. The van der Waals surface area contributed by atoms with E-state index >= 15 is 0 Å². The molecule has 0 spiro atoms. The smallest absolute Gasteiger partial charge is 0.219 e. The molecule has 2 aliphatic rings. The van der Waals surface area contributed by atoms with Gasteiger partial charge in [-0.05, 0) is 62.1 Å². The Labute approximate surface area is 180 Å². The molecule has 8 heteroatoms. The van der Waals surface area contributed by atoms with Crippen molar-refractivity contribution in [3.8, 4) is 5.75 Å². The average Bonchev–Trinajstić information content (AvgIpc) is 2.72. The second-order valence-electron chi connectivity index (χ2n) is 8.50. The second-order valence-corrected chi connectivity index (χ2v) is 10.3. The highest BCUT2D eigenvalue weighted by molar-refractivity contribution is 7.88. The highest BCUT2D eigenvalue weighted by atomic mass is 32.2. The Morgan fingerprint density at radius 2 is 1.93 bits per heavy atom. The number of hydrogen-bond acceptors (Lipinski definition) is 5. The number of methoxy groups -OCH3 is 1. The fraction of sp³-hybridized carbons (Fsp3) is 0.682. The van der Waals surface area contributed by atoms with Crippen LogP contribution in [0.15, 0.2) is 24.3 Å². The molecule has 0 bridgehead atoms. The molecule has 1 saturated heterocycles. The maximum absolute atomic E-state index is 12.1. The van der Waals surface area contributed by atoms with E-state index in [1.807, 2.05) is 12.1 Å². The molecule has 1 aliphatic carbocycles. The molecule has 30 heavy (non-hydrogen) atoms. The standard InChI is InChI=1S/C22H34N2O5S/c1-16(25)24-13-5-8-21(23-30(3,26)27)22(24)15-29-19-11-9-17(10-12-19)18-6-4-7-20(14-18)28-2/h4,6-7,14,17,19,21-23H,5,8-13,15H2,1-3H3/t17?,19?,21-,22-/m0/s1. The van der Waals surface area contributed by atoms with Gasteiger partial charge < -0.3 is 14.4 Å². The average molecular weight is 439 g/mol. The third-order valence-electron chi connectivity index (χ3n) is 6.29. The van der Waals surface area contributed by atoms with Gasteiger partial charge in [-0.1, -0.05) is 12.1 Å². The van der Waals surface area contributed by atoms with Crippen molar-refractivity contribution in [3.63, 3.8) is 0 Å². The third-order valence-corrected chi connectivity index (χ3v) is 7.02. The van der Waals surface area contributed by atoms with E-state index in [2.05, 4.69) is 16.9 Å². The van der Waals surface area contributed by atoms with Gasteiger partial charge in [-0.2, -0.15) is 0 Å². The Kier molecular flexibility index (Phi) is 7.76. The summed E-state index contributed by atoms with van der Waals surface area (Å²) >= 11 is 0. The van der Waals surface area contributed by atoms with Crippen LogP contribution in [-0.2, 0) is 19.6 Å². The number of nitrogens with one attached hydrogen (secondary N) is 1. The zero-order valence-corrected chi connectivity index (χ0v) is 19.0. The van der Waals surface area contributed by atoms with Crippen LogP contribution in [0.3, 0.4) is 0 Å². The van der Waals surface area contributed by atoms with Crippen LogP contribution in [0.5, 0.6) is 5.75 Å². The van der Waals surface area contributed by atoms with Crippen molar-refractivity contribution in [1.82, 2.24) is 9.62 Å². The van der Waals surface area contributed by atoms with Crippen LogP contribution in [0, 0.1) is 0 Å². The predicted molar refractivity (Wildman–Crippen MR) is 116 cm³/mol. The topological polar surface area (TPSA) is 84.9 Å². The number of nitrogens with zero attached hydrogens (tertiary/aromatic N) is 1. The van der Waals surface area contributed by atoms with Gasteiger partial charge in [0, 0.05) is 19.5 Å². The van der Waals surface area contributed by atoms with E-state index in [1.54, 1.807) is 12.0 Å². The summed E-state index contributed by atoms with van der Waals surface area (Å²) in [5.74, 6) is 1.35. The number of carbonyl (C=O) groups is 1. The van der Waals surface area contributed by atoms with E-state index in [4.69, 9.17) is 9.47 Å². The molecule has 1 aromatic carbocycles. The third kappa shape index (κ3) is 6.18. The SMILES string of the molecule is COc1cccc(C2CCC(OC[C@H]3[C@@H](NS(C)(=O)=O)CCCN3C(C)=O)CC2)c1. The molecular weight excluding hydrogens is 404 g/mol. The van der Waals surface area contributed by atoms with Crippen LogP contribution < -0.4 is 9.46 Å². The molecule has 2 atom stereocenters. The minimum Gasteiger partial charge on any atom is -0.497 e. The molecule has 3 rings (SSSR count). The molecule has 1 aliphatic heterocycles. The van der Waals surface area contributed by atoms with Crippen LogP contribution in [0.1, 0.15) is 56.9 Å². The number of amides is 1. The number of likely N-dealkylation sites (tertiary alicyclic amines) is 1. The van der Waals surface area contributed by atoms with Gasteiger partial charge in [0.2, 0.25) is 15.9 Å². The van der Waals surface area contributed by atoms with E-state index in [0.717, 1.165) is 44.1 Å². The van der Waals surface area contributed by atoms with Gasteiger partial charge in [-0.25, -0.2) is 13.1 Å². The molecule has 1 saturated carbocycles. The van der Waals surface area contributed by atoms with Crippen molar-refractivity contribution in [2.75, 3.05) is 26.5 Å². The van der Waals surface area contributed by atoms with Gasteiger partial charge in [0.25, 0.3) is 0 Å². The number of sulfonamides is 1. The van der Waals surface area contributed by atoms with Crippen LogP contribution in [-0.4, -0.2) is 63.9 Å². The number of piperidine rings is 1. The van der Waals surface area contributed by atoms with Crippen LogP contribution in [0.4, 0.5) is 0 Å². The maximum Gasteiger partial charge on any atom is 0.219 e. The summed E-state index contributed by atoms with van der Waals surface area (Å²) in [6.45, 7) is 2.55. The number of benzene rings is 1. The van der Waals surface area contributed by atoms with Crippen molar-refractivity contribution in [3.05, 3.63) is 29.8 Å². The zero-order valence-electron chi connectivity index (χ0n) is 18.2. The molecule has 2 fully saturated rings. The van der Waals surface area contributed by atoms with Crippen LogP contribution in [0.2, 0.25) is 0 Å². The van der Waals surface area contributed by atoms with Crippen molar-refractivity contribution < 1.29 is 22.7 Å². The molecule has 0 radical (unpaired) electrons. The fourth-order valence-electron chi connectivity index (χ4n) is 4.76. The van der Waals surface area contributed by atoms with E-state index in [1.165, 1.54) is 12.5 Å². The molecule has 1 heterocycles. The van der Waals surface area contributed by atoms with Gasteiger partial charge >= 0.3 is 0 Å². The normalized spacial score (nSPS) is 27.6. The Hall–Kier alpha value is -1.64. The summed E-state index contributed by atoms with van der Waals surface area (Å²) in [4.78, 5) is 13.9. The monoisotopic (exact) mass is 438 g/mol. The first-order valence-corrected chi connectivity index (χ1v) is 12.7. The zero-order chi connectivity index (χ0) is 21.7. The molecule has 0 unspecified atom stereocenters. The minimum absolute atomic E-state index is 0.0367. The Balaban J connectivity index is 1.57. The first-order chi connectivity index (χ1) is 14.3. The molecule has 1 amide bonds. The molecule has 1 N–H and O–H groups in total. The van der Waals surface area contributed by atoms with Gasteiger partial charge in [-0.3, -0.25) is 4.79 Å². The Morgan fingerprint density at radius 1 is 1.20 bits per heavy atom. The molecule has 1 aromatic rings. The largest absolute Gasteiger partial charge is 0.497 e. The van der Waals surface area contributed by atoms with Crippen molar-refractivity contribution in [1.29, 1.82) is 0 Å². The molecule has 168 valence electrons. The fourth-order valence-corrected chi connectivity index (χ4v) is 5.58. The Morgan fingerprint density at radius 3 is 2.57 bits per heavy atom. The maximum atomic E-state index is 12.1. The summed E-state index contributed by atoms with van der Waals surface area (Å²) in [6.07, 6.45) is 6.81. The predicted octanol–water partition coefficient (Wildman–Crippen LogP) is 2.67. The van der Waals surface area contributed by atoms with Crippen LogP contribution >= 0.6 is 0 Å². The lowest BCUT2D eigenvalue weighted by Crippen LogP contribution is -2.58. The van der Waals surface area contributed by atoms with E-state index in [0.29, 0.717) is 25.5 Å². The van der Waals surface area contributed by atoms with Crippen molar-refractivity contribution >= 4 is 15.9 Å². The van der Waals surface area contributed by atoms with Crippen molar-refractivity contribution in [2.24, 2.45) is 0 Å². The quantitative estimate of drug-likeness (QED) is 0.707. The number of carbonyl (C=O) groups excluding carboxylic acids is 1. The van der Waals surface area contributed by atoms with Crippen molar-refractivity contribution in [2.45, 2.75) is 69.6 Å². The molecular formula is C22H34N2O5S. The van der Waals surface area contributed by atoms with Gasteiger partial charge in [0.15, 0.2) is 0 Å². The van der Waals surface area contributed by atoms with Gasteiger partial charge in [-0.15, -0.1) is 0 Å². The number of ether oxygens (including phenoxy) is 2. The number of rotatable bonds is 7. The molecule has 7 nitrogen and oxygen atoms in total. The number of hydrogen-bond donors (Lipinski definition) is 1. The summed E-state index contributed by atoms with van der Waals surface area (Å²) in [7, 11) is -1.66. The summed E-state index contributed by atoms with van der Waals surface area (Å²) in [5, 5.41) is 0. The first-order valence-electron chi connectivity index (χ1n) is 10.8. The van der Waals surface area contributed by atoms with Gasteiger partial charge in [0.05, 0.1) is 32.1 Å². The second kappa shape index (κ2) is 10.1. The Bertz CT molecular complexity index is 821. The van der Waals surface area contributed by atoms with E-state index in [-0.39, 0.29) is 24.1 Å². The molecule has 0 aromatic heterocycles. The lowest BCUT2D eigenvalue weighted by molar-refractivity contribution is -0.136. The summed E-state index contributed by atoms with van der Waals surface area (Å²) in [5.41, 5.74) is 1.31. The highest BCUT2D eigenvalue weighted by Gasteiger charge is 2.35. The minimum atomic E-state index is -3.35. The summed E-state index contributed by atoms with van der Waals surface area (Å²) < 4.78 is 37.8. The van der Waals surface area contributed by atoms with E-state index < -0.39 is 10.0 Å². The van der Waals surface area contributed by atoms with E-state index in [9.17, 15) is 13.2 Å². The highest BCUT2D eigenvalue weighted by Crippen LogP contribution is 2.35. The first kappa shape index (κ1) is 23.0.